The molecule has 6 rings (SSSR count). The molecule has 1 saturated heterocycles. The summed E-state index contributed by atoms with van der Waals surface area (Å²) in [5.41, 5.74) is 7.42. The Labute approximate surface area is 243 Å². The van der Waals surface area contributed by atoms with Crippen LogP contribution in [0.4, 0.5) is 11.6 Å². The summed E-state index contributed by atoms with van der Waals surface area (Å²) in [7, 11) is 0. The fourth-order valence-corrected chi connectivity index (χ4v) is 6.92. The van der Waals surface area contributed by atoms with Crippen LogP contribution in [0.15, 0.2) is 54.6 Å². The van der Waals surface area contributed by atoms with Gasteiger partial charge in [0.1, 0.15) is 18.2 Å². The predicted octanol–water partition coefficient (Wildman–Crippen LogP) is 4.63. The Morgan fingerprint density at radius 1 is 1.07 bits per heavy atom. The highest BCUT2D eigenvalue weighted by Gasteiger charge is 2.48. The number of amides is 1. The highest BCUT2D eigenvalue weighted by molar-refractivity contribution is 5.75. The summed E-state index contributed by atoms with van der Waals surface area (Å²) in [5, 5.41) is 18.5. The normalized spacial score (nSPS) is 23.0. The van der Waals surface area contributed by atoms with Gasteiger partial charge in [0.15, 0.2) is 0 Å². The number of aryl methyl sites for hydroxylation is 2. The van der Waals surface area contributed by atoms with Crippen LogP contribution >= 0.6 is 0 Å². The van der Waals surface area contributed by atoms with Gasteiger partial charge >= 0.3 is 0 Å². The van der Waals surface area contributed by atoms with Crippen LogP contribution in [0, 0.1) is 12.8 Å². The fourth-order valence-electron chi connectivity index (χ4n) is 6.92. The van der Waals surface area contributed by atoms with Crippen LogP contribution in [0.1, 0.15) is 81.0 Å². The third-order valence-corrected chi connectivity index (χ3v) is 8.98. The second kappa shape index (κ2) is 12.6. The molecule has 9 heteroatoms. The van der Waals surface area contributed by atoms with E-state index >= 15 is 0 Å². The fraction of sp³-hybridized carbons (Fsp3) is 0.531. The van der Waals surface area contributed by atoms with Crippen LogP contribution in [0.25, 0.3) is 0 Å². The minimum absolute atomic E-state index is 0.0559. The topological polar surface area (TPSA) is 90.3 Å². The zero-order chi connectivity index (χ0) is 28.2. The Morgan fingerprint density at radius 2 is 1.93 bits per heavy atom. The number of hydrogen-bond donors (Lipinski definition) is 3. The van der Waals surface area contributed by atoms with Crippen LogP contribution in [-0.4, -0.2) is 46.5 Å². The Hall–Kier alpha value is -3.43. The van der Waals surface area contributed by atoms with Gasteiger partial charge in [-0.05, 0) is 62.8 Å². The maximum atomic E-state index is 12.6. The molecule has 0 bridgehead atoms. The Kier molecular flexibility index (Phi) is 8.53. The number of rotatable bonds is 11. The van der Waals surface area contributed by atoms with E-state index in [1.165, 1.54) is 36.1 Å². The molecule has 2 aliphatic heterocycles. The minimum atomic E-state index is 0.0559. The van der Waals surface area contributed by atoms with E-state index in [-0.39, 0.29) is 18.2 Å². The quantitative estimate of drug-likeness (QED) is 0.297. The van der Waals surface area contributed by atoms with Crippen molar-refractivity contribution in [2.45, 2.75) is 83.6 Å². The van der Waals surface area contributed by atoms with Gasteiger partial charge in [-0.3, -0.25) is 19.7 Å². The van der Waals surface area contributed by atoms with E-state index < -0.39 is 0 Å². The van der Waals surface area contributed by atoms with Crippen molar-refractivity contribution in [3.8, 4) is 0 Å². The summed E-state index contributed by atoms with van der Waals surface area (Å²) >= 11 is 0. The second-order valence-electron chi connectivity index (χ2n) is 11.7. The minimum Gasteiger partial charge on any atom is -0.372 e. The molecule has 0 radical (unpaired) electrons. The van der Waals surface area contributed by atoms with Gasteiger partial charge in [-0.1, -0.05) is 55.3 Å². The molecule has 9 nitrogen and oxygen atoms in total. The Morgan fingerprint density at radius 3 is 2.76 bits per heavy atom. The van der Waals surface area contributed by atoms with Gasteiger partial charge in [0, 0.05) is 50.1 Å². The van der Waals surface area contributed by atoms with Crippen LogP contribution < -0.4 is 26.0 Å². The highest BCUT2D eigenvalue weighted by Crippen LogP contribution is 2.45. The number of hydrazine groups is 1. The lowest BCUT2D eigenvalue weighted by Crippen LogP contribution is -2.53. The summed E-state index contributed by atoms with van der Waals surface area (Å²) in [4.78, 5) is 15.0. The van der Waals surface area contributed by atoms with Gasteiger partial charge < -0.3 is 10.2 Å². The predicted molar refractivity (Wildman–Crippen MR) is 162 cm³/mol. The van der Waals surface area contributed by atoms with Crippen molar-refractivity contribution in [1.82, 2.24) is 30.8 Å². The summed E-state index contributed by atoms with van der Waals surface area (Å²) in [6.07, 6.45) is 8.07. The van der Waals surface area contributed by atoms with Crippen molar-refractivity contribution in [2.24, 2.45) is 5.92 Å². The first-order chi connectivity index (χ1) is 20.1. The summed E-state index contributed by atoms with van der Waals surface area (Å²) in [6, 6.07) is 19.6. The number of hydrogen-bond acceptors (Lipinski definition) is 7. The van der Waals surface area contributed by atoms with E-state index in [9.17, 15) is 4.79 Å². The molecule has 2 aromatic carbocycles. The monoisotopic (exact) mass is 556 g/mol. The average Bonchev–Trinajstić information content (AvgIpc) is 3.63. The van der Waals surface area contributed by atoms with E-state index in [0.29, 0.717) is 24.9 Å². The molecule has 41 heavy (non-hydrogen) atoms. The van der Waals surface area contributed by atoms with Gasteiger partial charge in [-0.2, -0.15) is 0 Å². The summed E-state index contributed by atoms with van der Waals surface area (Å²) in [6.45, 7) is 6.89. The van der Waals surface area contributed by atoms with E-state index in [0.717, 1.165) is 50.5 Å². The molecular formula is C32H44N8O. The van der Waals surface area contributed by atoms with Gasteiger partial charge in [-0.15, -0.1) is 10.2 Å². The smallest absolute Gasteiger partial charge is 0.243 e. The summed E-state index contributed by atoms with van der Waals surface area (Å²) < 4.78 is 2.38. The SMILES string of the molecule is CCN(CCCNC(=O)CCCc1nnc2n1C1CCCCC1C1NC(c3ccccc3)NN21)c1cccc(C)c1. The zero-order valence-electron chi connectivity index (χ0n) is 24.4. The zero-order valence-corrected chi connectivity index (χ0v) is 24.4. The maximum absolute atomic E-state index is 12.6. The second-order valence-corrected chi connectivity index (χ2v) is 11.7. The third kappa shape index (κ3) is 5.97. The van der Waals surface area contributed by atoms with Gasteiger partial charge in [-0.25, -0.2) is 5.43 Å². The van der Waals surface area contributed by atoms with Crippen molar-refractivity contribution in [3.05, 3.63) is 71.5 Å². The number of fused-ring (bicyclic) bond motifs is 6. The molecule has 3 aromatic rings. The molecular weight excluding hydrogens is 512 g/mol. The first kappa shape index (κ1) is 27.7. The number of nitrogens with one attached hydrogen (secondary N) is 3. The third-order valence-electron chi connectivity index (χ3n) is 8.98. The van der Waals surface area contributed by atoms with E-state index in [1.807, 2.05) is 0 Å². The van der Waals surface area contributed by atoms with Gasteiger partial charge in [0.25, 0.3) is 0 Å². The van der Waals surface area contributed by atoms with Crippen molar-refractivity contribution in [3.63, 3.8) is 0 Å². The van der Waals surface area contributed by atoms with E-state index in [4.69, 9.17) is 0 Å². The van der Waals surface area contributed by atoms with Crippen molar-refractivity contribution >= 4 is 17.5 Å². The average molecular weight is 557 g/mol. The molecule has 4 unspecified atom stereocenters. The first-order valence-electron chi connectivity index (χ1n) is 15.5. The Bertz CT molecular complexity index is 1310. The number of anilines is 2. The molecule has 0 spiro atoms. The van der Waals surface area contributed by atoms with E-state index in [2.05, 4.69) is 109 Å². The number of aromatic nitrogens is 3. The lowest BCUT2D eigenvalue weighted by molar-refractivity contribution is -0.121. The number of benzene rings is 2. The van der Waals surface area contributed by atoms with Crippen molar-refractivity contribution in [2.75, 3.05) is 29.5 Å². The molecule has 1 saturated carbocycles. The highest BCUT2D eigenvalue weighted by atomic mass is 16.1. The standard InChI is InChI=1S/C32H44N8O/c1-3-38(25-15-9-12-23(2)22-25)21-11-20-33-29(41)19-10-18-28-35-36-32-39(28)27-17-8-7-16-26(27)31-34-30(37-40(31)32)24-13-5-4-6-14-24/h4-6,9,12-15,22,26-27,30-31,34,37H,3,7-8,10-11,16-21H2,1-2H3,(H,33,41). The number of carbonyl (C=O) groups is 1. The molecule has 2 fully saturated rings. The van der Waals surface area contributed by atoms with Crippen LogP contribution in [0.3, 0.4) is 0 Å². The van der Waals surface area contributed by atoms with E-state index in [1.54, 1.807) is 0 Å². The van der Waals surface area contributed by atoms with Gasteiger partial charge in [0.2, 0.25) is 11.9 Å². The molecule has 3 heterocycles. The van der Waals surface area contributed by atoms with Crippen LogP contribution in [0.5, 0.6) is 0 Å². The first-order valence-corrected chi connectivity index (χ1v) is 15.5. The molecule has 3 N–H and O–H groups in total. The lowest BCUT2D eigenvalue weighted by Gasteiger charge is -2.44. The van der Waals surface area contributed by atoms with Crippen LogP contribution in [-0.2, 0) is 11.2 Å². The maximum Gasteiger partial charge on any atom is 0.243 e. The number of carbonyl (C=O) groups excluding carboxylic acids is 1. The van der Waals surface area contributed by atoms with Crippen LogP contribution in [0.2, 0.25) is 0 Å². The lowest BCUT2D eigenvalue weighted by atomic mass is 9.81. The molecule has 1 aromatic heterocycles. The molecule has 3 aliphatic rings. The molecule has 1 aliphatic carbocycles. The van der Waals surface area contributed by atoms with Crippen molar-refractivity contribution in [1.29, 1.82) is 0 Å². The summed E-state index contributed by atoms with van der Waals surface area (Å²) in [5.74, 6) is 2.52. The molecule has 1 amide bonds. The number of nitrogens with zero attached hydrogens (tertiary/aromatic N) is 5. The van der Waals surface area contributed by atoms with Crippen molar-refractivity contribution < 1.29 is 4.79 Å². The Balaban J connectivity index is 1.02. The van der Waals surface area contributed by atoms with Gasteiger partial charge in [0.05, 0.1) is 0 Å². The molecule has 218 valence electrons. The molecule has 4 atom stereocenters. The largest absolute Gasteiger partial charge is 0.372 e.